The van der Waals surface area contributed by atoms with E-state index >= 15 is 0 Å². The summed E-state index contributed by atoms with van der Waals surface area (Å²) in [5, 5.41) is 1.02. The largest absolute Gasteiger partial charge is 0.451 e. The molecule has 0 radical (unpaired) electrons. The van der Waals surface area contributed by atoms with E-state index in [1.807, 2.05) is 52.0 Å². The molecule has 0 unspecified atom stereocenters. The predicted molar refractivity (Wildman–Crippen MR) is 100 cm³/mol. The number of rotatable bonds is 3. The number of nitrogens with one attached hydrogen (secondary N) is 1. The van der Waals surface area contributed by atoms with Crippen molar-refractivity contribution in [1.29, 1.82) is 0 Å². The van der Waals surface area contributed by atoms with E-state index in [2.05, 4.69) is 5.43 Å². The normalized spacial score (nSPS) is 10.2. The van der Waals surface area contributed by atoms with E-state index in [4.69, 9.17) is 9.47 Å². The molecule has 138 valence electrons. The van der Waals surface area contributed by atoms with Gasteiger partial charge in [0.05, 0.1) is 12.8 Å². The molecule has 0 aromatic heterocycles. The number of carbonyl (C=O) groups is 2. The van der Waals surface area contributed by atoms with Crippen molar-refractivity contribution in [3.63, 3.8) is 0 Å². The molecule has 0 aliphatic heterocycles. The van der Waals surface area contributed by atoms with E-state index in [-0.39, 0.29) is 6.61 Å². The van der Waals surface area contributed by atoms with Gasteiger partial charge in [-0.3, -0.25) is 0 Å². The maximum Gasteiger partial charge on any atom is 0.433 e. The number of nitrogens with zero attached hydrogens (tertiary/aromatic N) is 1. The molecule has 0 bridgehead atoms. The van der Waals surface area contributed by atoms with Crippen molar-refractivity contribution in [1.82, 2.24) is 5.43 Å². The molecule has 6 nitrogen and oxygen atoms in total. The Hall–Kier alpha value is -3.02. The number of hydrogen-bond acceptors (Lipinski definition) is 4. The Kier molecular flexibility index (Phi) is 6.22. The number of anilines is 1. The van der Waals surface area contributed by atoms with Crippen LogP contribution in [0.5, 0.6) is 0 Å². The van der Waals surface area contributed by atoms with E-state index < -0.39 is 12.2 Å². The van der Waals surface area contributed by atoms with Crippen molar-refractivity contribution >= 4 is 17.9 Å². The van der Waals surface area contributed by atoms with E-state index in [1.165, 1.54) is 12.7 Å². The highest BCUT2D eigenvalue weighted by atomic mass is 16.6. The summed E-state index contributed by atoms with van der Waals surface area (Å²) in [6, 6.07) is 11.2. The quantitative estimate of drug-likeness (QED) is 0.831. The molecular weight excluding hydrogens is 332 g/mol. The first kappa shape index (κ1) is 19.3. The highest BCUT2D eigenvalue weighted by Gasteiger charge is 2.20. The van der Waals surface area contributed by atoms with E-state index in [9.17, 15) is 9.59 Å². The molecule has 2 aromatic carbocycles. The zero-order chi connectivity index (χ0) is 19.3. The summed E-state index contributed by atoms with van der Waals surface area (Å²) < 4.78 is 9.97. The lowest BCUT2D eigenvalue weighted by atomic mass is 10.1. The number of ether oxygens (including phenoxy) is 2. The number of methoxy groups -OCH3 is 1. The molecule has 26 heavy (non-hydrogen) atoms. The maximum absolute atomic E-state index is 12.1. The maximum atomic E-state index is 12.1. The Labute approximate surface area is 153 Å². The van der Waals surface area contributed by atoms with Crippen molar-refractivity contribution in [2.45, 2.75) is 34.3 Å². The molecule has 0 saturated carbocycles. The number of carbonyl (C=O) groups excluding carboxylic acids is 2. The van der Waals surface area contributed by atoms with E-state index in [0.29, 0.717) is 5.69 Å². The van der Waals surface area contributed by atoms with Crippen LogP contribution in [-0.2, 0) is 16.1 Å². The smallest absolute Gasteiger partial charge is 0.433 e. The van der Waals surface area contributed by atoms with Gasteiger partial charge < -0.3 is 9.47 Å². The minimum Gasteiger partial charge on any atom is -0.451 e. The molecule has 0 aliphatic carbocycles. The van der Waals surface area contributed by atoms with Crippen LogP contribution in [0.15, 0.2) is 36.4 Å². The predicted octanol–water partition coefficient (Wildman–Crippen LogP) is 4.33. The topological polar surface area (TPSA) is 67.9 Å². The van der Waals surface area contributed by atoms with Crippen LogP contribution in [-0.4, -0.2) is 19.3 Å². The Morgan fingerprint density at radius 2 is 1.54 bits per heavy atom. The van der Waals surface area contributed by atoms with Crippen LogP contribution < -0.4 is 10.4 Å². The van der Waals surface area contributed by atoms with Gasteiger partial charge in [0, 0.05) is 0 Å². The summed E-state index contributed by atoms with van der Waals surface area (Å²) in [6.07, 6.45) is -1.46. The average molecular weight is 356 g/mol. The SMILES string of the molecule is COC(=O)N(NC(=O)OCc1ccc(C)c(C)c1)c1ccc(C)c(C)c1. The Balaban J connectivity index is 2.07. The van der Waals surface area contributed by atoms with E-state index in [0.717, 1.165) is 27.3 Å². The number of benzene rings is 2. The van der Waals surface area contributed by atoms with Crippen LogP contribution in [0.2, 0.25) is 0 Å². The molecule has 0 spiro atoms. The Bertz CT molecular complexity index is 817. The van der Waals surface area contributed by atoms with Crippen LogP contribution >= 0.6 is 0 Å². The van der Waals surface area contributed by atoms with E-state index in [1.54, 1.807) is 12.1 Å². The minimum atomic E-state index is -0.744. The molecular formula is C20H24N2O4. The third kappa shape index (κ3) is 4.75. The summed E-state index contributed by atoms with van der Waals surface area (Å²) in [5.41, 5.74) is 8.15. The van der Waals surface area contributed by atoms with Gasteiger partial charge in [0.2, 0.25) is 0 Å². The van der Waals surface area contributed by atoms with Gasteiger partial charge in [-0.2, -0.15) is 5.01 Å². The lowest BCUT2D eigenvalue weighted by molar-refractivity contribution is 0.134. The fourth-order valence-electron chi connectivity index (χ4n) is 2.34. The summed E-state index contributed by atoms with van der Waals surface area (Å²) in [4.78, 5) is 24.2. The summed E-state index contributed by atoms with van der Waals surface area (Å²) in [7, 11) is 1.25. The molecule has 2 aromatic rings. The van der Waals surface area contributed by atoms with Gasteiger partial charge in [-0.25, -0.2) is 15.0 Å². The number of amides is 2. The highest BCUT2D eigenvalue weighted by molar-refractivity contribution is 5.90. The zero-order valence-electron chi connectivity index (χ0n) is 15.8. The minimum absolute atomic E-state index is 0.106. The lowest BCUT2D eigenvalue weighted by Crippen LogP contribution is -2.46. The molecule has 0 fully saturated rings. The first-order chi connectivity index (χ1) is 12.3. The summed E-state index contributed by atoms with van der Waals surface area (Å²) in [5.74, 6) is 0. The summed E-state index contributed by atoms with van der Waals surface area (Å²) in [6.45, 7) is 8.01. The van der Waals surface area contributed by atoms with Crippen molar-refractivity contribution in [2.24, 2.45) is 0 Å². The van der Waals surface area contributed by atoms with Gasteiger partial charge in [0.15, 0.2) is 0 Å². The van der Waals surface area contributed by atoms with Gasteiger partial charge in [0.25, 0.3) is 0 Å². The standard InChI is InChI=1S/C20H24N2O4/c1-13-6-8-17(10-15(13)3)12-26-19(23)21-22(20(24)25-5)18-9-7-14(2)16(4)11-18/h6-11H,12H2,1-5H3,(H,21,23). The van der Waals surface area contributed by atoms with Crippen LogP contribution in [0.4, 0.5) is 15.3 Å². The molecule has 0 saturated heterocycles. The molecule has 6 heteroatoms. The zero-order valence-corrected chi connectivity index (χ0v) is 15.8. The average Bonchev–Trinajstić information content (AvgIpc) is 2.62. The third-order valence-corrected chi connectivity index (χ3v) is 4.25. The number of hydrazine groups is 1. The fourth-order valence-corrected chi connectivity index (χ4v) is 2.34. The molecule has 2 rings (SSSR count). The van der Waals surface area contributed by atoms with Gasteiger partial charge in [-0.1, -0.05) is 24.3 Å². The third-order valence-electron chi connectivity index (χ3n) is 4.25. The van der Waals surface area contributed by atoms with Crippen molar-refractivity contribution in [3.8, 4) is 0 Å². The van der Waals surface area contributed by atoms with Gasteiger partial charge in [-0.05, 0) is 67.6 Å². The van der Waals surface area contributed by atoms with Gasteiger partial charge in [0.1, 0.15) is 6.61 Å². The molecule has 0 atom stereocenters. The molecule has 2 amide bonds. The van der Waals surface area contributed by atoms with Crippen LogP contribution in [0.25, 0.3) is 0 Å². The fraction of sp³-hybridized carbons (Fsp3) is 0.300. The molecule has 0 heterocycles. The second kappa shape index (κ2) is 8.38. The number of aryl methyl sites for hydroxylation is 4. The van der Waals surface area contributed by atoms with Crippen molar-refractivity contribution in [3.05, 3.63) is 64.2 Å². The van der Waals surface area contributed by atoms with Gasteiger partial charge in [-0.15, -0.1) is 0 Å². The second-order valence-corrected chi connectivity index (χ2v) is 6.18. The van der Waals surface area contributed by atoms with Crippen molar-refractivity contribution in [2.75, 3.05) is 12.1 Å². The van der Waals surface area contributed by atoms with Gasteiger partial charge >= 0.3 is 12.2 Å². The van der Waals surface area contributed by atoms with Crippen molar-refractivity contribution < 1.29 is 19.1 Å². The first-order valence-electron chi connectivity index (χ1n) is 8.26. The molecule has 1 N–H and O–H groups in total. The summed E-state index contributed by atoms with van der Waals surface area (Å²) >= 11 is 0. The lowest BCUT2D eigenvalue weighted by Gasteiger charge is -2.22. The highest BCUT2D eigenvalue weighted by Crippen LogP contribution is 2.18. The first-order valence-corrected chi connectivity index (χ1v) is 8.26. The number of hydrogen-bond donors (Lipinski definition) is 1. The molecule has 0 aliphatic rings. The van der Waals surface area contributed by atoms with Crippen LogP contribution in [0, 0.1) is 27.7 Å². The van der Waals surface area contributed by atoms with Crippen LogP contribution in [0.3, 0.4) is 0 Å². The monoisotopic (exact) mass is 356 g/mol. The van der Waals surface area contributed by atoms with Crippen LogP contribution in [0.1, 0.15) is 27.8 Å². The Morgan fingerprint density at radius 3 is 2.12 bits per heavy atom. The second-order valence-electron chi connectivity index (χ2n) is 6.18. The Morgan fingerprint density at radius 1 is 0.923 bits per heavy atom.